The molecule has 0 atom stereocenters. The first-order chi connectivity index (χ1) is 12.9. The van der Waals surface area contributed by atoms with E-state index < -0.39 is 0 Å². The van der Waals surface area contributed by atoms with Gasteiger partial charge in [-0.15, -0.1) is 0 Å². The molecule has 1 aromatic carbocycles. The van der Waals surface area contributed by atoms with Gasteiger partial charge in [-0.05, 0) is 23.3 Å². The van der Waals surface area contributed by atoms with E-state index in [0.717, 1.165) is 29.0 Å². The van der Waals surface area contributed by atoms with Crippen LogP contribution in [-0.2, 0) is 6.42 Å². The molecular formula is C21H15N5. The lowest BCUT2D eigenvalue weighted by Gasteiger charge is -2.11. The van der Waals surface area contributed by atoms with E-state index in [1.165, 1.54) is 11.1 Å². The van der Waals surface area contributed by atoms with Gasteiger partial charge >= 0.3 is 0 Å². The highest BCUT2D eigenvalue weighted by molar-refractivity contribution is 5.74. The second-order valence-corrected chi connectivity index (χ2v) is 6.18. The zero-order valence-corrected chi connectivity index (χ0v) is 13.9. The Morgan fingerprint density at radius 1 is 0.923 bits per heavy atom. The van der Waals surface area contributed by atoms with E-state index in [9.17, 15) is 0 Å². The summed E-state index contributed by atoms with van der Waals surface area (Å²) in [7, 11) is 0. The van der Waals surface area contributed by atoms with Crippen molar-refractivity contribution in [3.8, 4) is 11.3 Å². The highest BCUT2D eigenvalue weighted by Crippen LogP contribution is 2.23. The zero-order valence-electron chi connectivity index (χ0n) is 13.9. The van der Waals surface area contributed by atoms with E-state index >= 15 is 0 Å². The third kappa shape index (κ3) is 2.59. The number of nitrogens with zero attached hydrogens (tertiary/aromatic N) is 5. The maximum Gasteiger partial charge on any atom is 0.197 e. The van der Waals surface area contributed by atoms with Crippen LogP contribution in [0.25, 0.3) is 34.8 Å². The Morgan fingerprint density at radius 2 is 1.85 bits per heavy atom. The van der Waals surface area contributed by atoms with Gasteiger partial charge in [-0.3, -0.25) is 9.55 Å². The summed E-state index contributed by atoms with van der Waals surface area (Å²) in [5, 5.41) is 0. The number of benzene rings is 1. The summed E-state index contributed by atoms with van der Waals surface area (Å²) >= 11 is 0. The fraction of sp³-hybridized carbons (Fsp3) is 0.0476. The van der Waals surface area contributed by atoms with E-state index in [1.54, 1.807) is 12.5 Å². The van der Waals surface area contributed by atoms with Gasteiger partial charge in [0, 0.05) is 24.4 Å². The smallest absolute Gasteiger partial charge is 0.197 e. The average Bonchev–Trinajstić information content (AvgIpc) is 3.10. The molecular weight excluding hydrogens is 322 g/mol. The molecule has 0 radical (unpaired) electrons. The molecule has 4 aromatic rings. The standard InChI is InChI=1S/C21H15N5/c1-2-5-16(6-3-1)19-12-23-20-21(25-19)26(14-24-20)13-15-8-9-18-17(11-15)7-4-10-22-18/h1-10,12-14H,11H2. The van der Waals surface area contributed by atoms with Crippen molar-refractivity contribution in [1.82, 2.24) is 24.5 Å². The van der Waals surface area contributed by atoms with Crippen LogP contribution in [-0.4, -0.2) is 24.5 Å². The molecule has 0 amide bonds. The number of fused-ring (bicyclic) bond motifs is 2. The number of pyridine rings is 1. The van der Waals surface area contributed by atoms with Gasteiger partial charge in [-0.25, -0.2) is 15.0 Å². The summed E-state index contributed by atoms with van der Waals surface area (Å²) in [5.74, 6) is 0. The van der Waals surface area contributed by atoms with Crippen molar-refractivity contribution >= 4 is 23.6 Å². The molecule has 0 saturated heterocycles. The van der Waals surface area contributed by atoms with Crippen molar-refractivity contribution in [2.45, 2.75) is 6.42 Å². The highest BCUT2D eigenvalue weighted by atomic mass is 15.1. The predicted molar refractivity (Wildman–Crippen MR) is 102 cm³/mol. The Balaban J connectivity index is 1.56. The molecule has 0 N–H and O–H groups in total. The average molecular weight is 337 g/mol. The number of imidazole rings is 1. The van der Waals surface area contributed by atoms with Gasteiger partial charge in [0.2, 0.25) is 0 Å². The first kappa shape index (κ1) is 14.7. The number of allylic oxidation sites excluding steroid dienone is 2. The molecule has 0 unspecified atom stereocenters. The van der Waals surface area contributed by atoms with Crippen LogP contribution in [0.5, 0.6) is 0 Å². The minimum absolute atomic E-state index is 0.642. The quantitative estimate of drug-likeness (QED) is 0.555. The molecule has 5 rings (SSSR count). The van der Waals surface area contributed by atoms with Gasteiger partial charge in [0.15, 0.2) is 11.3 Å². The Kier molecular flexibility index (Phi) is 3.42. The summed E-state index contributed by atoms with van der Waals surface area (Å²) in [6, 6.07) is 14.1. The number of aromatic nitrogens is 5. The summed E-state index contributed by atoms with van der Waals surface area (Å²) in [6.45, 7) is 0. The van der Waals surface area contributed by atoms with Gasteiger partial charge in [0.05, 0.1) is 17.6 Å². The molecule has 3 aromatic heterocycles. The molecule has 0 saturated carbocycles. The second-order valence-electron chi connectivity index (χ2n) is 6.18. The van der Waals surface area contributed by atoms with Gasteiger partial charge < -0.3 is 0 Å². The number of hydrogen-bond acceptors (Lipinski definition) is 4. The molecule has 5 heteroatoms. The molecule has 0 bridgehead atoms. The Labute approximate surface area is 150 Å². The van der Waals surface area contributed by atoms with Crippen molar-refractivity contribution in [3.05, 3.63) is 84.1 Å². The molecule has 0 aliphatic heterocycles. The minimum Gasteiger partial charge on any atom is -0.289 e. The second kappa shape index (κ2) is 6.04. The molecule has 3 heterocycles. The zero-order chi connectivity index (χ0) is 17.3. The lowest BCUT2D eigenvalue weighted by Crippen LogP contribution is -2.00. The van der Waals surface area contributed by atoms with Crippen LogP contribution in [0.15, 0.2) is 72.8 Å². The van der Waals surface area contributed by atoms with Crippen LogP contribution < -0.4 is 0 Å². The molecule has 0 spiro atoms. The molecule has 26 heavy (non-hydrogen) atoms. The monoisotopic (exact) mass is 337 g/mol. The highest BCUT2D eigenvalue weighted by Gasteiger charge is 2.11. The van der Waals surface area contributed by atoms with Crippen molar-refractivity contribution in [2.24, 2.45) is 0 Å². The van der Waals surface area contributed by atoms with E-state index in [-0.39, 0.29) is 0 Å². The van der Waals surface area contributed by atoms with Crippen LogP contribution in [0.4, 0.5) is 0 Å². The van der Waals surface area contributed by atoms with Gasteiger partial charge in [-0.2, -0.15) is 0 Å². The molecule has 1 aliphatic rings. The van der Waals surface area contributed by atoms with Crippen LogP contribution in [0, 0.1) is 0 Å². The third-order valence-electron chi connectivity index (χ3n) is 4.43. The summed E-state index contributed by atoms with van der Waals surface area (Å²) < 4.78 is 1.94. The fourth-order valence-corrected chi connectivity index (χ4v) is 3.13. The number of hydrogen-bond donors (Lipinski definition) is 0. The summed E-state index contributed by atoms with van der Waals surface area (Å²) in [5.41, 5.74) is 6.71. The van der Waals surface area contributed by atoms with Crippen molar-refractivity contribution in [1.29, 1.82) is 0 Å². The topological polar surface area (TPSA) is 56.5 Å². The molecule has 5 nitrogen and oxygen atoms in total. The van der Waals surface area contributed by atoms with Crippen LogP contribution >= 0.6 is 0 Å². The predicted octanol–water partition coefficient (Wildman–Crippen LogP) is 4.00. The van der Waals surface area contributed by atoms with E-state index in [0.29, 0.717) is 5.65 Å². The maximum absolute atomic E-state index is 4.77. The SMILES string of the molecule is C1=Cc2ncccc2CC1=Cn1cnc2ncc(-c3ccccc3)nc21. The first-order valence-corrected chi connectivity index (χ1v) is 8.44. The Bertz CT molecular complexity index is 1160. The fourth-order valence-electron chi connectivity index (χ4n) is 3.13. The van der Waals surface area contributed by atoms with E-state index in [4.69, 9.17) is 4.98 Å². The molecule has 124 valence electrons. The third-order valence-corrected chi connectivity index (χ3v) is 4.43. The number of rotatable bonds is 2. The van der Waals surface area contributed by atoms with Crippen molar-refractivity contribution < 1.29 is 0 Å². The van der Waals surface area contributed by atoms with E-state index in [2.05, 4.69) is 33.3 Å². The summed E-state index contributed by atoms with van der Waals surface area (Å²) in [6.07, 6.45) is 12.4. The minimum atomic E-state index is 0.642. The lowest BCUT2D eigenvalue weighted by molar-refractivity contribution is 1.08. The normalized spacial score (nSPS) is 14.7. The van der Waals surface area contributed by atoms with Gasteiger partial charge in [0.25, 0.3) is 0 Å². The van der Waals surface area contributed by atoms with Crippen molar-refractivity contribution in [3.63, 3.8) is 0 Å². The largest absolute Gasteiger partial charge is 0.289 e. The van der Waals surface area contributed by atoms with Crippen LogP contribution in [0.1, 0.15) is 11.3 Å². The summed E-state index contributed by atoms with van der Waals surface area (Å²) in [4.78, 5) is 18.0. The van der Waals surface area contributed by atoms with Gasteiger partial charge in [-0.1, -0.05) is 42.5 Å². The molecule has 1 aliphatic carbocycles. The molecule has 0 fully saturated rings. The maximum atomic E-state index is 4.77. The lowest BCUT2D eigenvalue weighted by atomic mass is 9.98. The Morgan fingerprint density at radius 3 is 2.77 bits per heavy atom. The van der Waals surface area contributed by atoms with Crippen LogP contribution in [0.2, 0.25) is 0 Å². The van der Waals surface area contributed by atoms with Gasteiger partial charge in [0.1, 0.15) is 6.33 Å². The first-order valence-electron chi connectivity index (χ1n) is 8.44. The Hall–Kier alpha value is -3.60. The van der Waals surface area contributed by atoms with Crippen LogP contribution in [0.3, 0.4) is 0 Å². The van der Waals surface area contributed by atoms with E-state index in [1.807, 2.05) is 53.2 Å². The van der Waals surface area contributed by atoms with Crippen molar-refractivity contribution in [2.75, 3.05) is 0 Å².